The summed E-state index contributed by atoms with van der Waals surface area (Å²) in [6.07, 6.45) is 1.54. The number of aromatic nitrogens is 2. The molecule has 4 heteroatoms. The number of anilines is 1. The molecule has 0 amide bonds. The molecule has 1 aliphatic carbocycles. The van der Waals surface area contributed by atoms with Gasteiger partial charge in [0, 0.05) is 6.54 Å². The first kappa shape index (κ1) is 11.8. The van der Waals surface area contributed by atoms with Gasteiger partial charge in [0.2, 0.25) is 0 Å². The van der Waals surface area contributed by atoms with Gasteiger partial charge in [-0.25, -0.2) is 0 Å². The number of nitrogens with one attached hydrogen (secondary N) is 1. The van der Waals surface area contributed by atoms with E-state index in [0.29, 0.717) is 28.1 Å². The second-order valence-corrected chi connectivity index (χ2v) is 5.78. The Hall–Kier alpha value is -1.63. The van der Waals surface area contributed by atoms with Crippen molar-refractivity contribution in [2.75, 3.05) is 11.9 Å². The Labute approximate surface area is 102 Å². The third-order valence-electron chi connectivity index (χ3n) is 4.63. The minimum absolute atomic E-state index is 0.342. The largest absolute Gasteiger partial charge is 0.367 e. The highest BCUT2D eigenvalue weighted by Crippen LogP contribution is 2.68. The monoisotopic (exact) mass is 230 g/mol. The highest BCUT2D eigenvalue weighted by atomic mass is 15.2. The van der Waals surface area contributed by atoms with E-state index < -0.39 is 0 Å². The third-order valence-corrected chi connectivity index (χ3v) is 4.63. The van der Waals surface area contributed by atoms with Gasteiger partial charge in [0.1, 0.15) is 6.07 Å². The van der Waals surface area contributed by atoms with Crippen molar-refractivity contribution in [1.29, 1.82) is 5.26 Å². The second kappa shape index (κ2) is 3.69. The molecule has 0 unspecified atom stereocenters. The molecule has 1 saturated carbocycles. The van der Waals surface area contributed by atoms with E-state index in [0.717, 1.165) is 6.54 Å². The summed E-state index contributed by atoms with van der Waals surface area (Å²) < 4.78 is 0. The van der Waals surface area contributed by atoms with Crippen molar-refractivity contribution >= 4 is 5.82 Å². The van der Waals surface area contributed by atoms with Crippen LogP contribution in [-0.4, -0.2) is 16.7 Å². The Kier molecular flexibility index (Phi) is 2.57. The van der Waals surface area contributed by atoms with E-state index in [9.17, 15) is 0 Å². The molecule has 0 aliphatic heterocycles. The van der Waals surface area contributed by atoms with Crippen molar-refractivity contribution in [2.45, 2.75) is 27.7 Å². The van der Waals surface area contributed by atoms with E-state index in [1.165, 1.54) is 6.20 Å². The van der Waals surface area contributed by atoms with Crippen molar-refractivity contribution < 1.29 is 0 Å². The number of hydrogen-bond acceptors (Lipinski definition) is 4. The summed E-state index contributed by atoms with van der Waals surface area (Å²) in [5.74, 6) is 1.19. The lowest BCUT2D eigenvalue weighted by Crippen LogP contribution is -2.11. The van der Waals surface area contributed by atoms with Crippen LogP contribution < -0.4 is 5.32 Å². The lowest BCUT2D eigenvalue weighted by molar-refractivity contribution is 0.457. The number of rotatable bonds is 3. The van der Waals surface area contributed by atoms with E-state index in [1.54, 1.807) is 6.07 Å². The first-order valence-electron chi connectivity index (χ1n) is 5.87. The summed E-state index contributed by atoms with van der Waals surface area (Å²) in [6.45, 7) is 9.96. The lowest BCUT2D eigenvalue weighted by atomic mass is 10.0. The summed E-state index contributed by atoms with van der Waals surface area (Å²) in [6, 6.07) is 3.80. The summed E-state index contributed by atoms with van der Waals surface area (Å²) in [4.78, 5) is 0. The average molecular weight is 230 g/mol. The van der Waals surface area contributed by atoms with Crippen LogP contribution in [0.25, 0.3) is 0 Å². The van der Waals surface area contributed by atoms with E-state index in [1.807, 2.05) is 0 Å². The first-order valence-corrected chi connectivity index (χ1v) is 5.87. The van der Waals surface area contributed by atoms with Crippen LogP contribution in [0.4, 0.5) is 5.82 Å². The normalized spacial score (nSPS) is 20.6. The van der Waals surface area contributed by atoms with Crippen molar-refractivity contribution in [3.63, 3.8) is 0 Å². The Morgan fingerprint density at radius 2 is 2.00 bits per heavy atom. The third kappa shape index (κ3) is 1.76. The standard InChI is InChI=1S/C13H18N4/c1-12(2)10(13(12,3)4)8-15-11-9(7-14)5-6-16-17-11/h5-6,10H,8H2,1-4H3,(H,15,17). The molecule has 2 rings (SSSR count). The molecule has 0 atom stereocenters. The van der Waals surface area contributed by atoms with Gasteiger partial charge in [-0.1, -0.05) is 27.7 Å². The summed E-state index contributed by atoms with van der Waals surface area (Å²) >= 11 is 0. The maximum Gasteiger partial charge on any atom is 0.166 e. The maximum absolute atomic E-state index is 8.95. The smallest absolute Gasteiger partial charge is 0.166 e. The van der Waals surface area contributed by atoms with Crippen molar-refractivity contribution in [2.24, 2.45) is 16.7 Å². The van der Waals surface area contributed by atoms with Crippen LogP contribution in [0.1, 0.15) is 33.3 Å². The molecular weight excluding hydrogens is 212 g/mol. The maximum atomic E-state index is 8.95. The SMILES string of the molecule is CC1(C)C(CNc2nnccc2C#N)C1(C)C. The second-order valence-electron chi connectivity index (χ2n) is 5.78. The van der Waals surface area contributed by atoms with E-state index in [4.69, 9.17) is 5.26 Å². The Morgan fingerprint density at radius 1 is 1.35 bits per heavy atom. The molecule has 1 heterocycles. The molecule has 4 nitrogen and oxygen atoms in total. The van der Waals surface area contributed by atoms with E-state index in [-0.39, 0.29) is 0 Å². The van der Waals surface area contributed by atoms with Crippen molar-refractivity contribution in [3.05, 3.63) is 17.8 Å². The molecule has 1 N–H and O–H groups in total. The van der Waals surface area contributed by atoms with Crippen LogP contribution in [0.3, 0.4) is 0 Å². The van der Waals surface area contributed by atoms with Crippen LogP contribution in [0.2, 0.25) is 0 Å². The molecule has 90 valence electrons. The summed E-state index contributed by atoms with van der Waals surface area (Å²) in [5.41, 5.74) is 1.24. The van der Waals surface area contributed by atoms with E-state index >= 15 is 0 Å². The van der Waals surface area contributed by atoms with Crippen molar-refractivity contribution in [3.8, 4) is 6.07 Å². The van der Waals surface area contributed by atoms with Crippen molar-refractivity contribution in [1.82, 2.24) is 10.2 Å². The number of hydrogen-bond donors (Lipinski definition) is 1. The minimum atomic E-state index is 0.342. The predicted molar refractivity (Wildman–Crippen MR) is 66.3 cm³/mol. The van der Waals surface area contributed by atoms with Crippen LogP contribution in [0, 0.1) is 28.1 Å². The molecule has 0 radical (unpaired) electrons. The fourth-order valence-corrected chi connectivity index (χ4v) is 2.59. The first-order chi connectivity index (χ1) is 7.91. The van der Waals surface area contributed by atoms with Gasteiger partial charge in [0.15, 0.2) is 5.82 Å². The van der Waals surface area contributed by atoms with Crippen LogP contribution >= 0.6 is 0 Å². The highest BCUT2D eigenvalue weighted by molar-refractivity contribution is 5.50. The van der Waals surface area contributed by atoms with Gasteiger partial charge in [-0.05, 0) is 22.8 Å². The average Bonchev–Trinajstić information content (AvgIpc) is 2.67. The zero-order valence-electron chi connectivity index (χ0n) is 10.8. The zero-order valence-corrected chi connectivity index (χ0v) is 10.8. The molecule has 1 fully saturated rings. The Morgan fingerprint density at radius 3 is 2.53 bits per heavy atom. The number of nitrogens with zero attached hydrogens (tertiary/aromatic N) is 3. The van der Waals surface area contributed by atoms with Gasteiger partial charge >= 0.3 is 0 Å². The van der Waals surface area contributed by atoms with E-state index in [2.05, 4.69) is 49.3 Å². The topological polar surface area (TPSA) is 61.6 Å². The lowest BCUT2D eigenvalue weighted by Gasteiger charge is -2.06. The minimum Gasteiger partial charge on any atom is -0.367 e. The predicted octanol–water partition coefficient (Wildman–Crippen LogP) is 2.44. The van der Waals surface area contributed by atoms with Gasteiger partial charge in [-0.2, -0.15) is 10.4 Å². The highest BCUT2D eigenvalue weighted by Gasteiger charge is 2.64. The zero-order chi connectivity index (χ0) is 12.7. The molecular formula is C13H18N4. The van der Waals surface area contributed by atoms with Gasteiger partial charge < -0.3 is 5.32 Å². The molecule has 0 saturated heterocycles. The van der Waals surface area contributed by atoms with Gasteiger partial charge in [-0.15, -0.1) is 5.10 Å². The van der Waals surface area contributed by atoms with Gasteiger partial charge in [0.25, 0.3) is 0 Å². The fraction of sp³-hybridized carbons (Fsp3) is 0.615. The molecule has 1 aromatic rings. The summed E-state index contributed by atoms with van der Waals surface area (Å²) in [7, 11) is 0. The molecule has 17 heavy (non-hydrogen) atoms. The molecule has 0 aromatic carbocycles. The molecule has 0 spiro atoms. The Bertz CT molecular complexity index is 457. The van der Waals surface area contributed by atoms with Crippen LogP contribution in [0.5, 0.6) is 0 Å². The molecule has 0 bridgehead atoms. The molecule has 1 aromatic heterocycles. The summed E-state index contributed by atoms with van der Waals surface area (Å²) in [5, 5.41) is 20.0. The Balaban J connectivity index is 2.04. The van der Waals surface area contributed by atoms with Crippen LogP contribution in [0.15, 0.2) is 12.3 Å². The molecule has 1 aliphatic rings. The van der Waals surface area contributed by atoms with Crippen LogP contribution in [-0.2, 0) is 0 Å². The van der Waals surface area contributed by atoms with Gasteiger partial charge in [-0.3, -0.25) is 0 Å². The van der Waals surface area contributed by atoms with Gasteiger partial charge in [0.05, 0.1) is 11.8 Å². The quantitative estimate of drug-likeness (QED) is 0.866. The number of nitriles is 1. The fourth-order valence-electron chi connectivity index (χ4n) is 2.59.